The largest absolute Gasteiger partial charge is 0.467 e. The fourth-order valence-electron chi connectivity index (χ4n) is 1.98. The van der Waals surface area contributed by atoms with Gasteiger partial charge in [-0.3, -0.25) is 9.59 Å². The van der Waals surface area contributed by atoms with E-state index in [4.69, 9.17) is 4.74 Å². The highest BCUT2D eigenvalue weighted by atomic mass is 79.9. The van der Waals surface area contributed by atoms with Crippen LogP contribution in [0.25, 0.3) is 0 Å². The van der Waals surface area contributed by atoms with Gasteiger partial charge in [-0.15, -0.1) is 0 Å². The van der Waals surface area contributed by atoms with Crippen molar-refractivity contribution in [3.63, 3.8) is 0 Å². The lowest BCUT2D eigenvalue weighted by molar-refractivity contribution is -0.150. The van der Waals surface area contributed by atoms with Gasteiger partial charge in [0.1, 0.15) is 6.04 Å². The Morgan fingerprint density at radius 3 is 2.38 bits per heavy atom. The van der Waals surface area contributed by atoms with E-state index in [1.807, 2.05) is 26.0 Å². The third-order valence-corrected chi connectivity index (χ3v) is 4.14. The number of hydrogen-bond acceptors (Lipinski definition) is 5. The van der Waals surface area contributed by atoms with E-state index in [0.29, 0.717) is 6.42 Å². The number of rotatable bonds is 8. The molecule has 1 amide bonds. The van der Waals surface area contributed by atoms with Crippen LogP contribution in [0.15, 0.2) is 28.7 Å². The van der Waals surface area contributed by atoms with Crippen LogP contribution in [0.4, 0.5) is 0 Å². The summed E-state index contributed by atoms with van der Waals surface area (Å²) in [5.74, 6) is -1.64. The lowest BCUT2D eigenvalue weighted by Crippen LogP contribution is -2.47. The summed E-state index contributed by atoms with van der Waals surface area (Å²) in [4.78, 5) is 35.4. The Bertz CT molecular complexity index is 573. The van der Waals surface area contributed by atoms with Crippen molar-refractivity contribution >= 4 is 33.8 Å². The molecule has 1 N–H and O–H groups in total. The first-order valence-corrected chi connectivity index (χ1v) is 8.43. The van der Waals surface area contributed by atoms with Crippen molar-refractivity contribution in [2.45, 2.75) is 32.7 Å². The van der Waals surface area contributed by atoms with E-state index in [2.05, 4.69) is 26.0 Å². The minimum absolute atomic E-state index is 0.0757. The maximum absolute atomic E-state index is 11.9. The first-order chi connectivity index (χ1) is 11.4. The number of amides is 1. The summed E-state index contributed by atoms with van der Waals surface area (Å²) < 4.78 is 10.6. The van der Waals surface area contributed by atoms with Crippen molar-refractivity contribution in [1.29, 1.82) is 0 Å². The summed E-state index contributed by atoms with van der Waals surface area (Å²) in [5, 5.41) is 2.55. The van der Waals surface area contributed by atoms with Crippen LogP contribution in [-0.4, -0.2) is 37.6 Å². The Labute approximate surface area is 150 Å². The summed E-state index contributed by atoms with van der Waals surface area (Å²) in [7, 11) is 1.27. The van der Waals surface area contributed by atoms with E-state index < -0.39 is 30.5 Å². The van der Waals surface area contributed by atoms with Crippen LogP contribution in [0.5, 0.6) is 0 Å². The van der Waals surface area contributed by atoms with Crippen LogP contribution in [-0.2, 0) is 30.3 Å². The second-order valence-corrected chi connectivity index (χ2v) is 6.33. The quantitative estimate of drug-likeness (QED) is 0.677. The first kappa shape index (κ1) is 20.2. The number of esters is 2. The van der Waals surface area contributed by atoms with Gasteiger partial charge >= 0.3 is 11.9 Å². The number of ether oxygens (including phenoxy) is 2. The Balaban J connectivity index is 2.47. The zero-order valence-electron chi connectivity index (χ0n) is 14.0. The highest BCUT2D eigenvalue weighted by molar-refractivity contribution is 9.10. The second-order valence-electron chi connectivity index (χ2n) is 5.42. The van der Waals surface area contributed by atoms with E-state index in [-0.39, 0.29) is 12.3 Å². The molecule has 0 heterocycles. The number of carbonyl (C=O) groups is 3. The standard InChI is InChI=1S/C17H22BrNO5/c1-4-11(2)16(17(22)23-3)19-14(20)10-24-15(21)9-12-5-7-13(18)8-6-12/h5-8,11,16H,4,9-10H2,1-3H3,(H,19,20)/t11-,16+/m0/s1. The molecule has 2 atom stereocenters. The van der Waals surface area contributed by atoms with Crippen molar-refractivity contribution in [3.8, 4) is 0 Å². The van der Waals surface area contributed by atoms with E-state index in [1.54, 1.807) is 12.1 Å². The summed E-state index contributed by atoms with van der Waals surface area (Å²) in [6, 6.07) is 6.48. The number of nitrogens with one attached hydrogen (secondary N) is 1. The number of halogens is 1. The Kier molecular flexibility index (Phi) is 8.46. The van der Waals surface area contributed by atoms with Crippen LogP contribution in [0.2, 0.25) is 0 Å². The van der Waals surface area contributed by atoms with Gasteiger partial charge in [-0.25, -0.2) is 4.79 Å². The number of hydrogen-bond donors (Lipinski definition) is 1. The molecule has 24 heavy (non-hydrogen) atoms. The topological polar surface area (TPSA) is 81.7 Å². The predicted octanol–water partition coefficient (Wildman–Crippen LogP) is 2.24. The minimum Gasteiger partial charge on any atom is -0.467 e. The third kappa shape index (κ3) is 6.70. The molecule has 0 aliphatic rings. The van der Waals surface area contributed by atoms with Crippen molar-refractivity contribution < 1.29 is 23.9 Å². The average molecular weight is 400 g/mol. The normalized spacial score (nSPS) is 12.8. The molecule has 0 saturated heterocycles. The Morgan fingerprint density at radius 2 is 1.83 bits per heavy atom. The zero-order valence-corrected chi connectivity index (χ0v) is 15.6. The van der Waals surface area contributed by atoms with Gasteiger partial charge in [0, 0.05) is 4.47 Å². The fraction of sp³-hybridized carbons (Fsp3) is 0.471. The molecule has 6 nitrogen and oxygen atoms in total. The van der Waals surface area contributed by atoms with Crippen LogP contribution in [0.3, 0.4) is 0 Å². The minimum atomic E-state index is -0.752. The fourth-order valence-corrected chi connectivity index (χ4v) is 2.24. The molecule has 1 aromatic carbocycles. The molecule has 132 valence electrons. The Morgan fingerprint density at radius 1 is 1.21 bits per heavy atom. The number of methoxy groups -OCH3 is 1. The van der Waals surface area contributed by atoms with E-state index in [0.717, 1.165) is 10.0 Å². The second kappa shape index (κ2) is 10.1. The monoisotopic (exact) mass is 399 g/mol. The summed E-state index contributed by atoms with van der Waals surface area (Å²) in [6.07, 6.45) is 0.774. The van der Waals surface area contributed by atoms with E-state index in [1.165, 1.54) is 7.11 Å². The lowest BCUT2D eigenvalue weighted by Gasteiger charge is -2.21. The molecule has 0 aliphatic heterocycles. The highest BCUT2D eigenvalue weighted by Gasteiger charge is 2.26. The van der Waals surface area contributed by atoms with Gasteiger partial charge in [0.05, 0.1) is 13.5 Å². The van der Waals surface area contributed by atoms with E-state index >= 15 is 0 Å². The molecule has 0 aromatic heterocycles. The van der Waals surface area contributed by atoms with Crippen molar-refractivity contribution in [3.05, 3.63) is 34.3 Å². The SMILES string of the molecule is CC[C@H](C)[C@@H](NC(=O)COC(=O)Cc1ccc(Br)cc1)C(=O)OC. The Hall–Kier alpha value is -1.89. The molecule has 0 aliphatic carbocycles. The van der Waals surface area contributed by atoms with Crippen LogP contribution in [0, 0.1) is 5.92 Å². The van der Waals surface area contributed by atoms with Gasteiger partial charge < -0.3 is 14.8 Å². The number of carbonyl (C=O) groups excluding carboxylic acids is 3. The highest BCUT2D eigenvalue weighted by Crippen LogP contribution is 2.11. The van der Waals surface area contributed by atoms with Crippen LogP contribution >= 0.6 is 15.9 Å². The summed E-state index contributed by atoms with van der Waals surface area (Å²) in [6.45, 7) is 3.31. The average Bonchev–Trinajstić information content (AvgIpc) is 2.58. The van der Waals surface area contributed by atoms with E-state index in [9.17, 15) is 14.4 Å². The maximum atomic E-state index is 11.9. The van der Waals surface area contributed by atoms with Crippen molar-refractivity contribution in [2.24, 2.45) is 5.92 Å². The molecule has 0 unspecified atom stereocenters. The molecule has 0 spiro atoms. The van der Waals surface area contributed by atoms with Crippen LogP contribution in [0.1, 0.15) is 25.8 Å². The van der Waals surface area contributed by atoms with Gasteiger partial charge in [0.2, 0.25) is 0 Å². The molecule has 0 radical (unpaired) electrons. The molecule has 7 heteroatoms. The van der Waals surface area contributed by atoms with Crippen molar-refractivity contribution in [2.75, 3.05) is 13.7 Å². The predicted molar refractivity (Wildman–Crippen MR) is 92.2 cm³/mol. The van der Waals surface area contributed by atoms with Gasteiger partial charge in [0.25, 0.3) is 5.91 Å². The molecular weight excluding hydrogens is 378 g/mol. The van der Waals surface area contributed by atoms with Gasteiger partial charge in [-0.2, -0.15) is 0 Å². The van der Waals surface area contributed by atoms with Crippen molar-refractivity contribution in [1.82, 2.24) is 5.32 Å². The molecule has 1 aromatic rings. The molecule has 0 fully saturated rings. The lowest BCUT2D eigenvalue weighted by atomic mass is 9.99. The summed E-state index contributed by atoms with van der Waals surface area (Å²) >= 11 is 3.31. The summed E-state index contributed by atoms with van der Waals surface area (Å²) in [5.41, 5.74) is 0.788. The first-order valence-electron chi connectivity index (χ1n) is 7.64. The molecular formula is C17H22BrNO5. The number of benzene rings is 1. The maximum Gasteiger partial charge on any atom is 0.328 e. The van der Waals surface area contributed by atoms with Crippen LogP contribution < -0.4 is 5.32 Å². The zero-order chi connectivity index (χ0) is 18.1. The van der Waals surface area contributed by atoms with Gasteiger partial charge in [-0.1, -0.05) is 48.3 Å². The third-order valence-electron chi connectivity index (χ3n) is 3.61. The van der Waals surface area contributed by atoms with Gasteiger partial charge in [0.15, 0.2) is 6.61 Å². The molecule has 1 rings (SSSR count). The molecule has 0 saturated carbocycles. The molecule has 0 bridgehead atoms. The van der Waals surface area contributed by atoms with Gasteiger partial charge in [-0.05, 0) is 23.6 Å². The smallest absolute Gasteiger partial charge is 0.328 e.